The number of hydrogen-bond donors (Lipinski definition) is 0. The molecule has 0 bridgehead atoms. The molecule has 1 fully saturated rings. The molecule has 0 N–H and O–H groups in total. The summed E-state index contributed by atoms with van der Waals surface area (Å²) in [6, 6.07) is 6.41. The third kappa shape index (κ3) is 2.81. The van der Waals surface area contributed by atoms with E-state index in [0.29, 0.717) is 0 Å². The van der Waals surface area contributed by atoms with Gasteiger partial charge in [-0.2, -0.15) is 0 Å². The van der Waals surface area contributed by atoms with Crippen LogP contribution < -0.4 is 0 Å². The van der Waals surface area contributed by atoms with Gasteiger partial charge in [0.05, 0.1) is 5.56 Å². The zero-order valence-electron chi connectivity index (χ0n) is 13.8. The summed E-state index contributed by atoms with van der Waals surface area (Å²) >= 11 is 0. The van der Waals surface area contributed by atoms with Gasteiger partial charge in [-0.15, -0.1) is 0 Å². The lowest BCUT2D eigenvalue weighted by molar-refractivity contribution is -0.134. The van der Waals surface area contributed by atoms with Gasteiger partial charge in [0.25, 0.3) is 15.9 Å². The minimum absolute atomic E-state index is 0.0341. The van der Waals surface area contributed by atoms with E-state index in [1.54, 1.807) is 12.1 Å². The van der Waals surface area contributed by atoms with Crippen LogP contribution in [0.3, 0.4) is 0 Å². The molecule has 0 saturated carbocycles. The lowest BCUT2D eigenvalue weighted by Crippen LogP contribution is -2.44. The van der Waals surface area contributed by atoms with Crippen LogP contribution in [0.1, 0.15) is 49.4 Å². The largest absolute Gasteiger partial charge is 0.340 e. The van der Waals surface area contributed by atoms with Crippen LogP contribution in [0.2, 0.25) is 0 Å². The van der Waals surface area contributed by atoms with Crippen molar-refractivity contribution in [3.63, 3.8) is 0 Å². The van der Waals surface area contributed by atoms with Gasteiger partial charge in [0.1, 0.15) is 4.90 Å². The first-order valence-electron chi connectivity index (χ1n) is 8.42. The van der Waals surface area contributed by atoms with E-state index in [1.165, 1.54) is 12.1 Å². The highest BCUT2D eigenvalue weighted by Crippen LogP contribution is 2.30. The Labute approximate surface area is 142 Å². The SMILES string of the molecule is CC[C@@H]1CCCCN1C(=O)CCN1C(=O)c2ccccc2S1(=O)=O. The summed E-state index contributed by atoms with van der Waals surface area (Å²) in [6.07, 6.45) is 4.04. The molecule has 24 heavy (non-hydrogen) atoms. The van der Waals surface area contributed by atoms with Crippen molar-refractivity contribution in [3.05, 3.63) is 29.8 Å². The van der Waals surface area contributed by atoms with E-state index < -0.39 is 15.9 Å². The summed E-state index contributed by atoms with van der Waals surface area (Å²) < 4.78 is 25.8. The van der Waals surface area contributed by atoms with Crippen molar-refractivity contribution in [1.29, 1.82) is 0 Å². The third-order valence-electron chi connectivity index (χ3n) is 4.86. The lowest BCUT2D eigenvalue weighted by Gasteiger charge is -2.35. The highest BCUT2D eigenvalue weighted by Gasteiger charge is 2.41. The molecule has 6 nitrogen and oxygen atoms in total. The number of rotatable bonds is 4. The van der Waals surface area contributed by atoms with E-state index in [2.05, 4.69) is 6.92 Å². The normalized spacial score (nSPS) is 22.5. The fourth-order valence-electron chi connectivity index (χ4n) is 3.55. The van der Waals surface area contributed by atoms with Crippen molar-refractivity contribution < 1.29 is 18.0 Å². The highest BCUT2D eigenvalue weighted by atomic mass is 32.2. The molecule has 0 spiro atoms. The Bertz CT molecular complexity index is 760. The Hall–Kier alpha value is -1.89. The second kappa shape index (κ2) is 6.55. The lowest BCUT2D eigenvalue weighted by atomic mass is 9.99. The van der Waals surface area contributed by atoms with Crippen LogP contribution in [0.25, 0.3) is 0 Å². The van der Waals surface area contributed by atoms with E-state index in [0.717, 1.165) is 36.5 Å². The molecule has 1 aromatic carbocycles. The van der Waals surface area contributed by atoms with Gasteiger partial charge in [-0.05, 0) is 37.8 Å². The second-order valence-corrected chi connectivity index (χ2v) is 8.10. The smallest absolute Gasteiger partial charge is 0.269 e. The first-order valence-corrected chi connectivity index (χ1v) is 9.86. The van der Waals surface area contributed by atoms with Gasteiger partial charge >= 0.3 is 0 Å². The average Bonchev–Trinajstić information content (AvgIpc) is 2.79. The number of nitrogens with zero attached hydrogens (tertiary/aromatic N) is 2. The van der Waals surface area contributed by atoms with Crippen LogP contribution >= 0.6 is 0 Å². The minimum Gasteiger partial charge on any atom is -0.340 e. The first-order chi connectivity index (χ1) is 11.5. The maximum absolute atomic E-state index is 12.5. The fraction of sp³-hybridized carbons (Fsp3) is 0.529. The second-order valence-electron chi connectivity index (χ2n) is 6.27. The van der Waals surface area contributed by atoms with Crippen LogP contribution in [0.4, 0.5) is 0 Å². The zero-order chi connectivity index (χ0) is 17.3. The van der Waals surface area contributed by atoms with E-state index in [-0.39, 0.29) is 35.4 Å². The number of benzene rings is 1. The number of likely N-dealkylation sites (tertiary alicyclic amines) is 1. The van der Waals surface area contributed by atoms with Gasteiger partial charge in [-0.3, -0.25) is 9.59 Å². The van der Waals surface area contributed by atoms with Crippen LogP contribution in [-0.2, 0) is 14.8 Å². The Balaban J connectivity index is 1.71. The molecule has 0 unspecified atom stereocenters. The van der Waals surface area contributed by atoms with Gasteiger partial charge in [0.15, 0.2) is 0 Å². The molecule has 2 heterocycles. The minimum atomic E-state index is -3.83. The molecular weight excluding hydrogens is 328 g/mol. The van der Waals surface area contributed by atoms with Gasteiger partial charge in [0.2, 0.25) is 5.91 Å². The predicted octanol–water partition coefficient (Wildman–Crippen LogP) is 2.01. The van der Waals surface area contributed by atoms with Gasteiger partial charge in [0, 0.05) is 25.6 Å². The summed E-state index contributed by atoms with van der Waals surface area (Å²) in [5, 5.41) is 0. The monoisotopic (exact) mass is 350 g/mol. The summed E-state index contributed by atoms with van der Waals surface area (Å²) in [5.74, 6) is -0.607. The number of amides is 2. The van der Waals surface area contributed by atoms with Crippen LogP contribution in [0.5, 0.6) is 0 Å². The molecule has 1 saturated heterocycles. The van der Waals surface area contributed by atoms with Crippen LogP contribution in [0.15, 0.2) is 29.2 Å². The molecule has 0 aromatic heterocycles. The van der Waals surface area contributed by atoms with Crippen LogP contribution in [-0.4, -0.2) is 48.6 Å². The van der Waals surface area contributed by atoms with Gasteiger partial charge in [-0.25, -0.2) is 12.7 Å². The quantitative estimate of drug-likeness (QED) is 0.832. The topological polar surface area (TPSA) is 74.8 Å². The number of carbonyl (C=O) groups is 2. The van der Waals surface area contributed by atoms with Crippen molar-refractivity contribution >= 4 is 21.8 Å². The highest BCUT2D eigenvalue weighted by molar-refractivity contribution is 7.90. The summed E-state index contributed by atoms with van der Waals surface area (Å²) in [7, 11) is -3.83. The van der Waals surface area contributed by atoms with Crippen molar-refractivity contribution in [2.45, 2.75) is 50.0 Å². The first kappa shape index (κ1) is 17.0. The maximum Gasteiger partial charge on any atom is 0.269 e. The zero-order valence-corrected chi connectivity index (χ0v) is 14.6. The Morgan fingerprint density at radius 2 is 2.00 bits per heavy atom. The van der Waals surface area contributed by atoms with E-state index in [1.807, 2.05) is 4.90 Å². The number of carbonyl (C=O) groups excluding carboxylic acids is 2. The Kier molecular flexibility index (Phi) is 4.62. The molecule has 0 aliphatic carbocycles. The maximum atomic E-state index is 12.5. The molecule has 1 atom stereocenters. The fourth-order valence-corrected chi connectivity index (χ4v) is 5.12. The van der Waals surface area contributed by atoms with E-state index in [9.17, 15) is 18.0 Å². The number of piperidine rings is 1. The van der Waals surface area contributed by atoms with Crippen molar-refractivity contribution in [2.75, 3.05) is 13.1 Å². The Morgan fingerprint density at radius 1 is 1.25 bits per heavy atom. The van der Waals surface area contributed by atoms with Crippen molar-refractivity contribution in [2.24, 2.45) is 0 Å². The third-order valence-corrected chi connectivity index (χ3v) is 6.70. The average molecular weight is 350 g/mol. The molecular formula is C17H22N2O4S. The molecule has 3 rings (SSSR count). The van der Waals surface area contributed by atoms with Crippen molar-refractivity contribution in [1.82, 2.24) is 9.21 Å². The molecule has 2 aliphatic heterocycles. The van der Waals surface area contributed by atoms with E-state index >= 15 is 0 Å². The molecule has 2 amide bonds. The summed E-state index contributed by atoms with van der Waals surface area (Å²) in [6.45, 7) is 2.68. The summed E-state index contributed by atoms with van der Waals surface area (Å²) in [5.41, 5.74) is 0.189. The number of sulfonamides is 1. The number of fused-ring (bicyclic) bond motifs is 1. The Morgan fingerprint density at radius 3 is 2.71 bits per heavy atom. The molecule has 7 heteroatoms. The van der Waals surface area contributed by atoms with E-state index in [4.69, 9.17) is 0 Å². The van der Waals surface area contributed by atoms with Crippen LogP contribution in [0, 0.1) is 0 Å². The molecule has 1 aromatic rings. The molecule has 0 radical (unpaired) electrons. The van der Waals surface area contributed by atoms with Gasteiger partial charge < -0.3 is 4.90 Å². The standard InChI is InChI=1S/C17H22N2O4S/c1-2-13-7-5-6-11-18(13)16(20)10-12-19-17(21)14-8-3-4-9-15(14)24(19,22)23/h3-4,8-9,13H,2,5-7,10-12H2,1H3/t13-/m1/s1. The van der Waals surface area contributed by atoms with Gasteiger partial charge in [-0.1, -0.05) is 19.1 Å². The number of hydrogen-bond acceptors (Lipinski definition) is 4. The summed E-state index contributed by atoms with van der Waals surface area (Å²) in [4.78, 5) is 26.7. The van der Waals surface area contributed by atoms with Crippen molar-refractivity contribution in [3.8, 4) is 0 Å². The molecule has 2 aliphatic rings. The molecule has 130 valence electrons. The predicted molar refractivity (Wildman–Crippen MR) is 88.9 cm³/mol.